The van der Waals surface area contributed by atoms with Gasteiger partial charge in [0.1, 0.15) is 11.9 Å². The second-order valence-electron chi connectivity index (χ2n) is 4.33. The number of amides is 1. The molecule has 7 heteroatoms. The van der Waals surface area contributed by atoms with Gasteiger partial charge in [-0.1, -0.05) is 0 Å². The van der Waals surface area contributed by atoms with Crippen LogP contribution < -0.4 is 11.1 Å². The second kappa shape index (κ2) is 4.47. The molecule has 0 unspecified atom stereocenters. The van der Waals surface area contributed by atoms with Crippen LogP contribution in [0.1, 0.15) is 12.0 Å². The molecule has 0 spiro atoms. The summed E-state index contributed by atoms with van der Waals surface area (Å²) in [5.41, 5.74) is 6.19. The fourth-order valence-corrected chi connectivity index (χ4v) is 2.04. The molecule has 4 nitrogen and oxygen atoms in total. The first-order valence-corrected chi connectivity index (χ1v) is 5.44. The molecule has 0 aromatic carbocycles. The molecule has 0 aliphatic carbocycles. The highest BCUT2D eigenvalue weighted by molar-refractivity contribution is 5.81. The van der Waals surface area contributed by atoms with Gasteiger partial charge < -0.3 is 11.1 Å². The number of anilines is 1. The molecule has 1 aromatic heterocycles. The molecule has 1 fully saturated rings. The van der Waals surface area contributed by atoms with Crippen LogP contribution in [0.5, 0.6) is 0 Å². The number of halogens is 3. The summed E-state index contributed by atoms with van der Waals surface area (Å²) in [7, 11) is 0. The predicted octanol–water partition coefficient (Wildman–Crippen LogP) is 1.27. The molecule has 1 aliphatic rings. The SMILES string of the molecule is Nc1cc(C[C@@H]2C[C@@H](C(F)(F)F)NC2=O)ccn1. The summed E-state index contributed by atoms with van der Waals surface area (Å²) in [6, 6.07) is 1.47. The monoisotopic (exact) mass is 259 g/mol. The van der Waals surface area contributed by atoms with Crippen LogP contribution in [0, 0.1) is 5.92 Å². The standard InChI is InChI=1S/C11H12F3N3O/c12-11(13,14)8-5-7(10(18)17-8)3-6-1-2-16-9(15)4-6/h1-2,4,7-8H,3,5H2,(H2,15,16)(H,17,18)/t7-,8+/m1/s1. The molecule has 0 bridgehead atoms. The lowest BCUT2D eigenvalue weighted by molar-refractivity contribution is -0.154. The minimum Gasteiger partial charge on any atom is -0.384 e. The first-order chi connectivity index (χ1) is 8.36. The molecule has 1 saturated heterocycles. The number of aromatic nitrogens is 1. The Labute approximate surface area is 101 Å². The molecule has 1 aromatic rings. The third-order valence-corrected chi connectivity index (χ3v) is 2.93. The van der Waals surface area contributed by atoms with E-state index in [9.17, 15) is 18.0 Å². The maximum atomic E-state index is 12.5. The van der Waals surface area contributed by atoms with Crippen molar-refractivity contribution >= 4 is 11.7 Å². The summed E-state index contributed by atoms with van der Waals surface area (Å²) in [5, 5.41) is 1.97. The average Bonchev–Trinajstić information content (AvgIpc) is 2.60. The van der Waals surface area contributed by atoms with Gasteiger partial charge in [0.2, 0.25) is 5.91 Å². The van der Waals surface area contributed by atoms with Gasteiger partial charge in [0.15, 0.2) is 0 Å². The molecular weight excluding hydrogens is 247 g/mol. The van der Waals surface area contributed by atoms with Crippen LogP contribution >= 0.6 is 0 Å². The number of nitrogens with two attached hydrogens (primary N) is 1. The van der Waals surface area contributed by atoms with Gasteiger partial charge in [-0.15, -0.1) is 0 Å². The van der Waals surface area contributed by atoms with Gasteiger partial charge in [-0.25, -0.2) is 4.98 Å². The average molecular weight is 259 g/mol. The van der Waals surface area contributed by atoms with E-state index in [4.69, 9.17) is 5.73 Å². The number of hydrogen-bond acceptors (Lipinski definition) is 3. The molecule has 0 radical (unpaired) electrons. The number of nitrogen functional groups attached to an aromatic ring is 1. The quantitative estimate of drug-likeness (QED) is 0.840. The number of carbonyl (C=O) groups excluding carboxylic acids is 1. The highest BCUT2D eigenvalue weighted by Gasteiger charge is 2.47. The first kappa shape index (κ1) is 12.7. The minimum atomic E-state index is -4.39. The number of hydrogen-bond donors (Lipinski definition) is 2. The number of alkyl halides is 3. The number of carbonyl (C=O) groups is 1. The zero-order chi connectivity index (χ0) is 13.3. The molecule has 18 heavy (non-hydrogen) atoms. The lowest BCUT2D eigenvalue weighted by Gasteiger charge is -2.13. The lowest BCUT2D eigenvalue weighted by Crippen LogP contribution is -2.38. The Hall–Kier alpha value is -1.79. The fourth-order valence-electron chi connectivity index (χ4n) is 2.04. The Morgan fingerprint density at radius 1 is 1.50 bits per heavy atom. The van der Waals surface area contributed by atoms with Gasteiger partial charge in [0.25, 0.3) is 0 Å². The summed E-state index contributed by atoms with van der Waals surface area (Å²) < 4.78 is 37.4. The van der Waals surface area contributed by atoms with Crippen molar-refractivity contribution in [3.63, 3.8) is 0 Å². The van der Waals surface area contributed by atoms with E-state index in [-0.39, 0.29) is 12.8 Å². The van der Waals surface area contributed by atoms with Crippen LogP contribution in [0.4, 0.5) is 19.0 Å². The number of nitrogens with zero attached hydrogens (tertiary/aromatic N) is 1. The molecule has 2 rings (SSSR count). The third-order valence-electron chi connectivity index (χ3n) is 2.93. The van der Waals surface area contributed by atoms with Crippen molar-refractivity contribution in [3.8, 4) is 0 Å². The van der Waals surface area contributed by atoms with E-state index in [2.05, 4.69) is 4.98 Å². The minimum absolute atomic E-state index is 0.232. The van der Waals surface area contributed by atoms with E-state index in [1.165, 1.54) is 6.20 Å². The Balaban J connectivity index is 2.05. The summed E-state index contributed by atoms with van der Waals surface area (Å²) in [5.74, 6) is -0.940. The van der Waals surface area contributed by atoms with Crippen molar-refractivity contribution in [2.24, 2.45) is 5.92 Å². The van der Waals surface area contributed by atoms with Crippen LogP contribution in [-0.4, -0.2) is 23.1 Å². The van der Waals surface area contributed by atoms with Gasteiger partial charge >= 0.3 is 6.18 Å². The zero-order valence-electron chi connectivity index (χ0n) is 9.37. The Bertz CT molecular complexity index is 461. The van der Waals surface area contributed by atoms with Gasteiger partial charge in [-0.3, -0.25) is 4.79 Å². The third kappa shape index (κ3) is 2.72. The van der Waals surface area contributed by atoms with E-state index in [1.54, 1.807) is 12.1 Å². The lowest BCUT2D eigenvalue weighted by atomic mass is 9.96. The van der Waals surface area contributed by atoms with E-state index in [0.717, 1.165) is 0 Å². The zero-order valence-corrected chi connectivity index (χ0v) is 9.37. The topological polar surface area (TPSA) is 68.0 Å². The molecule has 0 saturated carbocycles. The maximum Gasteiger partial charge on any atom is 0.408 e. The van der Waals surface area contributed by atoms with Gasteiger partial charge in [-0.2, -0.15) is 13.2 Å². The Kier molecular flexibility index (Phi) is 3.14. The Morgan fingerprint density at radius 2 is 2.22 bits per heavy atom. The van der Waals surface area contributed by atoms with Crippen molar-refractivity contribution in [2.75, 3.05) is 5.73 Å². The molecule has 2 atom stereocenters. The molecular formula is C11H12F3N3O. The van der Waals surface area contributed by atoms with Crippen LogP contribution in [0.15, 0.2) is 18.3 Å². The van der Waals surface area contributed by atoms with E-state index in [0.29, 0.717) is 11.4 Å². The largest absolute Gasteiger partial charge is 0.408 e. The van der Waals surface area contributed by atoms with Crippen molar-refractivity contribution < 1.29 is 18.0 Å². The van der Waals surface area contributed by atoms with Crippen molar-refractivity contribution in [1.82, 2.24) is 10.3 Å². The Morgan fingerprint density at radius 3 is 2.78 bits per heavy atom. The second-order valence-corrected chi connectivity index (χ2v) is 4.33. The number of pyridine rings is 1. The summed E-state index contributed by atoms with van der Waals surface area (Å²) in [6.07, 6.45) is -2.91. The molecule has 3 N–H and O–H groups in total. The number of nitrogens with one attached hydrogen (secondary N) is 1. The molecule has 1 amide bonds. The van der Waals surface area contributed by atoms with Crippen LogP contribution in [0.25, 0.3) is 0 Å². The fraction of sp³-hybridized carbons (Fsp3) is 0.455. The predicted molar refractivity (Wildman–Crippen MR) is 58.4 cm³/mol. The van der Waals surface area contributed by atoms with E-state index in [1.807, 2.05) is 5.32 Å². The maximum absolute atomic E-state index is 12.5. The van der Waals surface area contributed by atoms with Crippen LogP contribution in [-0.2, 0) is 11.2 Å². The summed E-state index contributed by atoms with van der Waals surface area (Å²) >= 11 is 0. The molecule has 2 heterocycles. The van der Waals surface area contributed by atoms with E-state index < -0.39 is 24.0 Å². The van der Waals surface area contributed by atoms with Crippen molar-refractivity contribution in [2.45, 2.75) is 25.1 Å². The van der Waals surface area contributed by atoms with E-state index >= 15 is 0 Å². The van der Waals surface area contributed by atoms with Gasteiger partial charge in [0, 0.05) is 12.1 Å². The summed E-state index contributed by atoms with van der Waals surface area (Å²) in [4.78, 5) is 15.2. The van der Waals surface area contributed by atoms with Crippen molar-refractivity contribution in [1.29, 1.82) is 0 Å². The van der Waals surface area contributed by atoms with Crippen LogP contribution in [0.3, 0.4) is 0 Å². The highest BCUT2D eigenvalue weighted by atomic mass is 19.4. The van der Waals surface area contributed by atoms with Gasteiger partial charge in [-0.05, 0) is 30.5 Å². The number of rotatable bonds is 2. The van der Waals surface area contributed by atoms with Gasteiger partial charge in [0.05, 0.1) is 0 Å². The van der Waals surface area contributed by atoms with Crippen molar-refractivity contribution in [3.05, 3.63) is 23.9 Å². The highest BCUT2D eigenvalue weighted by Crippen LogP contribution is 2.31. The summed E-state index contributed by atoms with van der Waals surface area (Å²) in [6.45, 7) is 0. The smallest absolute Gasteiger partial charge is 0.384 e. The first-order valence-electron chi connectivity index (χ1n) is 5.44. The molecule has 98 valence electrons. The normalized spacial score (nSPS) is 24.1. The molecule has 1 aliphatic heterocycles. The van der Waals surface area contributed by atoms with Crippen LogP contribution in [0.2, 0.25) is 0 Å².